The number of aryl methyl sites for hydroxylation is 3. The summed E-state index contributed by atoms with van der Waals surface area (Å²) >= 11 is 0. The number of aromatic nitrogens is 2. The van der Waals surface area contributed by atoms with E-state index in [9.17, 15) is 9.59 Å². The van der Waals surface area contributed by atoms with Crippen LogP contribution in [0.4, 0.5) is 5.69 Å². The molecule has 3 aromatic rings. The van der Waals surface area contributed by atoms with Crippen molar-refractivity contribution in [3.05, 3.63) is 77.6 Å². The molecule has 0 bridgehead atoms. The van der Waals surface area contributed by atoms with Gasteiger partial charge in [0.1, 0.15) is 0 Å². The molecule has 29 heavy (non-hydrogen) atoms. The summed E-state index contributed by atoms with van der Waals surface area (Å²) in [4.78, 5) is 24.5. The maximum atomic E-state index is 12.3. The van der Waals surface area contributed by atoms with Gasteiger partial charge in [-0.3, -0.25) is 9.59 Å². The molecule has 0 saturated carbocycles. The first-order valence-electron chi connectivity index (χ1n) is 9.59. The van der Waals surface area contributed by atoms with Gasteiger partial charge in [-0.15, -0.1) is 0 Å². The average Bonchev–Trinajstić information content (AvgIpc) is 3.19. The minimum atomic E-state index is -0.866. The Labute approximate surface area is 170 Å². The Hall–Kier alpha value is -3.41. The van der Waals surface area contributed by atoms with E-state index >= 15 is 0 Å². The average molecular weight is 391 g/mol. The quantitative estimate of drug-likeness (QED) is 0.618. The van der Waals surface area contributed by atoms with Crippen LogP contribution in [0.2, 0.25) is 0 Å². The summed E-state index contributed by atoms with van der Waals surface area (Å²) in [5.41, 5.74) is 4.62. The lowest BCUT2D eigenvalue weighted by Gasteiger charge is -2.15. The number of nitrogens with zero attached hydrogens (tertiary/aromatic N) is 2. The van der Waals surface area contributed by atoms with Crippen molar-refractivity contribution >= 4 is 17.6 Å². The molecule has 1 unspecified atom stereocenters. The second-order valence-corrected chi connectivity index (χ2v) is 7.07. The molecular formula is C23H25N3O3. The van der Waals surface area contributed by atoms with Crippen molar-refractivity contribution in [3.63, 3.8) is 0 Å². The zero-order valence-corrected chi connectivity index (χ0v) is 16.9. The molecular weight excluding hydrogens is 366 g/mol. The second kappa shape index (κ2) is 9.19. The minimum Gasteiger partial charge on any atom is -0.453 e. The van der Waals surface area contributed by atoms with Gasteiger partial charge >= 0.3 is 5.97 Å². The zero-order valence-electron chi connectivity index (χ0n) is 16.9. The number of amides is 1. The molecule has 0 aliphatic rings. The number of para-hydroxylation sites is 1. The van der Waals surface area contributed by atoms with Gasteiger partial charge in [-0.1, -0.05) is 30.3 Å². The summed E-state index contributed by atoms with van der Waals surface area (Å²) in [5, 5.41) is 7.14. The lowest BCUT2D eigenvalue weighted by molar-refractivity contribution is -0.153. The molecule has 1 heterocycles. The second-order valence-electron chi connectivity index (χ2n) is 7.07. The number of ether oxygens (including phenoxy) is 1. The third-order valence-electron chi connectivity index (χ3n) is 4.60. The molecule has 0 radical (unpaired) electrons. The normalized spacial score (nSPS) is 11.7. The molecule has 0 spiro atoms. The molecule has 6 heteroatoms. The van der Waals surface area contributed by atoms with Crippen LogP contribution in [0.3, 0.4) is 0 Å². The molecule has 1 N–H and O–H groups in total. The number of anilines is 1. The molecule has 150 valence electrons. The van der Waals surface area contributed by atoms with Crippen LogP contribution in [-0.4, -0.2) is 27.8 Å². The summed E-state index contributed by atoms with van der Waals surface area (Å²) in [6.07, 6.45) is 3.43. The largest absolute Gasteiger partial charge is 0.453 e. The fourth-order valence-corrected chi connectivity index (χ4v) is 2.87. The third-order valence-corrected chi connectivity index (χ3v) is 4.60. The van der Waals surface area contributed by atoms with E-state index in [1.165, 1.54) is 0 Å². The number of esters is 1. The number of hydrogen-bond donors (Lipinski definition) is 1. The van der Waals surface area contributed by atoms with Crippen molar-refractivity contribution in [2.45, 2.75) is 39.7 Å². The SMILES string of the molecule is Cc1ccc(C)c(NC(=O)C(C)OC(=O)CCc2cnn(-c3ccccc3)c2)c1. The van der Waals surface area contributed by atoms with E-state index in [-0.39, 0.29) is 12.3 Å². The lowest BCUT2D eigenvalue weighted by atomic mass is 10.1. The number of carbonyl (C=O) groups is 2. The highest BCUT2D eigenvalue weighted by Gasteiger charge is 2.18. The van der Waals surface area contributed by atoms with Crippen molar-refractivity contribution < 1.29 is 14.3 Å². The number of hydrogen-bond acceptors (Lipinski definition) is 4. The molecule has 6 nitrogen and oxygen atoms in total. The fourth-order valence-electron chi connectivity index (χ4n) is 2.87. The van der Waals surface area contributed by atoms with Crippen LogP contribution in [0, 0.1) is 13.8 Å². The van der Waals surface area contributed by atoms with Gasteiger partial charge in [0.25, 0.3) is 5.91 Å². The Kier molecular flexibility index (Phi) is 6.44. The van der Waals surface area contributed by atoms with E-state index in [1.54, 1.807) is 17.8 Å². The van der Waals surface area contributed by atoms with Crippen LogP contribution in [0.15, 0.2) is 60.9 Å². The number of carbonyl (C=O) groups excluding carboxylic acids is 2. The molecule has 1 amide bonds. The van der Waals surface area contributed by atoms with Gasteiger partial charge < -0.3 is 10.1 Å². The maximum Gasteiger partial charge on any atom is 0.306 e. The standard InChI is InChI=1S/C23H25N3O3/c1-16-9-10-17(2)21(13-16)25-23(28)18(3)29-22(27)12-11-19-14-24-26(15-19)20-7-5-4-6-8-20/h4-10,13-15,18H,11-12H2,1-3H3,(H,25,28). The molecule has 1 atom stereocenters. The fraction of sp³-hybridized carbons (Fsp3) is 0.261. The van der Waals surface area contributed by atoms with E-state index in [1.807, 2.05) is 68.6 Å². The molecule has 1 aromatic heterocycles. The van der Waals surface area contributed by atoms with Gasteiger partial charge in [-0.25, -0.2) is 4.68 Å². The van der Waals surface area contributed by atoms with Crippen molar-refractivity contribution in [1.29, 1.82) is 0 Å². The maximum absolute atomic E-state index is 12.3. The van der Waals surface area contributed by atoms with Crippen molar-refractivity contribution in [2.24, 2.45) is 0 Å². The van der Waals surface area contributed by atoms with Crippen LogP contribution < -0.4 is 5.32 Å². The third kappa shape index (κ3) is 5.54. The van der Waals surface area contributed by atoms with Crippen LogP contribution in [0.25, 0.3) is 5.69 Å². The minimum absolute atomic E-state index is 0.182. The molecule has 0 fully saturated rings. The van der Waals surface area contributed by atoms with Gasteiger partial charge in [0.05, 0.1) is 11.9 Å². The van der Waals surface area contributed by atoms with Gasteiger partial charge in [0.2, 0.25) is 0 Å². The highest BCUT2D eigenvalue weighted by molar-refractivity contribution is 5.95. The molecule has 0 aliphatic carbocycles. The first kappa shape index (κ1) is 20.3. The monoisotopic (exact) mass is 391 g/mol. The summed E-state index contributed by atoms with van der Waals surface area (Å²) in [6, 6.07) is 15.6. The number of benzene rings is 2. The topological polar surface area (TPSA) is 73.2 Å². The zero-order chi connectivity index (χ0) is 20.8. The predicted molar refractivity (Wildman–Crippen MR) is 112 cm³/mol. The Bertz CT molecular complexity index is 996. The Morgan fingerprint density at radius 1 is 1.14 bits per heavy atom. The van der Waals surface area contributed by atoms with E-state index in [0.29, 0.717) is 6.42 Å². The molecule has 0 saturated heterocycles. The van der Waals surface area contributed by atoms with Crippen molar-refractivity contribution in [3.8, 4) is 5.69 Å². The highest BCUT2D eigenvalue weighted by atomic mass is 16.5. The van der Waals surface area contributed by atoms with Crippen LogP contribution in [0.1, 0.15) is 30.0 Å². The lowest BCUT2D eigenvalue weighted by Crippen LogP contribution is -2.30. The summed E-state index contributed by atoms with van der Waals surface area (Å²) in [7, 11) is 0. The Morgan fingerprint density at radius 3 is 2.66 bits per heavy atom. The van der Waals surface area contributed by atoms with Gasteiger partial charge in [0, 0.05) is 18.3 Å². The first-order chi connectivity index (χ1) is 13.9. The van der Waals surface area contributed by atoms with E-state index < -0.39 is 12.1 Å². The van der Waals surface area contributed by atoms with E-state index in [4.69, 9.17) is 4.74 Å². The van der Waals surface area contributed by atoms with Crippen molar-refractivity contribution in [2.75, 3.05) is 5.32 Å². The Balaban J connectivity index is 1.49. The number of nitrogens with one attached hydrogen (secondary N) is 1. The molecule has 2 aromatic carbocycles. The summed E-state index contributed by atoms with van der Waals surface area (Å²) in [5.74, 6) is -0.759. The van der Waals surface area contributed by atoms with Gasteiger partial charge in [0.15, 0.2) is 6.10 Å². The van der Waals surface area contributed by atoms with Crippen LogP contribution in [0.5, 0.6) is 0 Å². The highest BCUT2D eigenvalue weighted by Crippen LogP contribution is 2.17. The first-order valence-corrected chi connectivity index (χ1v) is 9.59. The summed E-state index contributed by atoms with van der Waals surface area (Å²) < 4.78 is 7.05. The predicted octanol–water partition coefficient (Wildman–Crippen LogP) is 3.99. The van der Waals surface area contributed by atoms with Gasteiger partial charge in [-0.05, 0) is 62.1 Å². The van der Waals surface area contributed by atoms with E-state index in [0.717, 1.165) is 28.1 Å². The van der Waals surface area contributed by atoms with E-state index in [2.05, 4.69) is 10.4 Å². The molecule has 3 rings (SSSR count). The summed E-state index contributed by atoms with van der Waals surface area (Å²) in [6.45, 7) is 5.45. The number of rotatable bonds is 7. The van der Waals surface area contributed by atoms with Crippen LogP contribution >= 0.6 is 0 Å². The Morgan fingerprint density at radius 2 is 1.90 bits per heavy atom. The smallest absolute Gasteiger partial charge is 0.306 e. The van der Waals surface area contributed by atoms with Crippen LogP contribution in [-0.2, 0) is 20.7 Å². The molecule has 0 aliphatic heterocycles. The van der Waals surface area contributed by atoms with Crippen molar-refractivity contribution in [1.82, 2.24) is 9.78 Å². The van der Waals surface area contributed by atoms with Gasteiger partial charge in [-0.2, -0.15) is 5.10 Å².